The van der Waals surface area contributed by atoms with Gasteiger partial charge in [-0.2, -0.15) is 5.10 Å². The molecule has 2 heterocycles. The summed E-state index contributed by atoms with van der Waals surface area (Å²) in [5.41, 5.74) is 0.744. The number of amides is 1. The first kappa shape index (κ1) is 14.9. The minimum absolute atomic E-state index is 0.0855. The summed E-state index contributed by atoms with van der Waals surface area (Å²) in [6.07, 6.45) is 6.06. The zero-order valence-corrected chi connectivity index (χ0v) is 13.3. The van der Waals surface area contributed by atoms with E-state index in [-0.39, 0.29) is 11.8 Å². The molecule has 2 aliphatic rings. The average Bonchev–Trinajstić information content (AvgIpc) is 3.29. The Morgan fingerprint density at radius 3 is 2.67 bits per heavy atom. The lowest BCUT2D eigenvalue weighted by Gasteiger charge is -2.23. The van der Waals surface area contributed by atoms with E-state index >= 15 is 0 Å². The molecule has 6 heteroatoms. The van der Waals surface area contributed by atoms with Crippen LogP contribution in [0.3, 0.4) is 0 Å². The molecule has 124 valence electrons. The van der Waals surface area contributed by atoms with E-state index in [2.05, 4.69) is 5.10 Å². The fourth-order valence-electron chi connectivity index (χ4n) is 4.15. The van der Waals surface area contributed by atoms with Crippen LogP contribution in [0, 0.1) is 11.3 Å². The van der Waals surface area contributed by atoms with Crippen molar-refractivity contribution in [1.29, 1.82) is 0 Å². The average molecular weight is 325 g/mol. The second-order valence-corrected chi connectivity index (χ2v) is 6.73. The van der Waals surface area contributed by atoms with Gasteiger partial charge < -0.3 is 10.0 Å². The fraction of sp³-hybridized carbons (Fsp3) is 0.389. The number of rotatable bonds is 3. The van der Waals surface area contributed by atoms with Crippen molar-refractivity contribution in [3.63, 3.8) is 0 Å². The van der Waals surface area contributed by atoms with Crippen LogP contribution in [0.25, 0.3) is 5.69 Å². The van der Waals surface area contributed by atoms with E-state index in [0.29, 0.717) is 25.1 Å². The summed E-state index contributed by atoms with van der Waals surface area (Å²) in [6, 6.07) is 9.10. The Bertz CT molecular complexity index is 769. The number of carboxylic acid groups (broad SMARTS) is 1. The Morgan fingerprint density at radius 2 is 2.04 bits per heavy atom. The van der Waals surface area contributed by atoms with Gasteiger partial charge in [-0.25, -0.2) is 4.68 Å². The number of carbonyl (C=O) groups excluding carboxylic acids is 1. The van der Waals surface area contributed by atoms with Gasteiger partial charge in [-0.1, -0.05) is 6.42 Å². The van der Waals surface area contributed by atoms with Crippen molar-refractivity contribution < 1.29 is 14.7 Å². The van der Waals surface area contributed by atoms with Crippen molar-refractivity contribution in [3.05, 3.63) is 48.3 Å². The van der Waals surface area contributed by atoms with Crippen molar-refractivity contribution in [1.82, 2.24) is 14.7 Å². The molecule has 0 bridgehead atoms. The van der Waals surface area contributed by atoms with Crippen LogP contribution < -0.4 is 0 Å². The zero-order valence-electron chi connectivity index (χ0n) is 13.3. The van der Waals surface area contributed by atoms with Gasteiger partial charge in [-0.15, -0.1) is 0 Å². The van der Waals surface area contributed by atoms with E-state index in [9.17, 15) is 14.7 Å². The summed E-state index contributed by atoms with van der Waals surface area (Å²) in [4.78, 5) is 26.2. The largest absolute Gasteiger partial charge is 0.481 e. The predicted molar refractivity (Wildman–Crippen MR) is 86.9 cm³/mol. The van der Waals surface area contributed by atoms with E-state index in [1.165, 1.54) is 0 Å². The van der Waals surface area contributed by atoms with Gasteiger partial charge in [-0.05, 0) is 49.1 Å². The fourth-order valence-corrected chi connectivity index (χ4v) is 4.15. The molecule has 1 aliphatic carbocycles. The van der Waals surface area contributed by atoms with E-state index in [1.807, 2.05) is 24.4 Å². The van der Waals surface area contributed by atoms with Crippen LogP contribution in [0.15, 0.2) is 42.7 Å². The maximum atomic E-state index is 12.8. The lowest BCUT2D eigenvalue weighted by molar-refractivity contribution is -0.149. The van der Waals surface area contributed by atoms with Crippen LogP contribution >= 0.6 is 0 Å². The van der Waals surface area contributed by atoms with Gasteiger partial charge >= 0.3 is 5.97 Å². The Kier molecular flexibility index (Phi) is 3.40. The third kappa shape index (κ3) is 2.21. The van der Waals surface area contributed by atoms with Gasteiger partial charge in [0.25, 0.3) is 5.91 Å². The number of hydrogen-bond acceptors (Lipinski definition) is 3. The van der Waals surface area contributed by atoms with Crippen LogP contribution in [0.1, 0.15) is 29.6 Å². The molecule has 0 unspecified atom stereocenters. The monoisotopic (exact) mass is 325 g/mol. The standard InChI is InChI=1S/C18H19N3O3/c22-16(13-4-6-15(7-5-13)21-10-2-9-19-21)20-11-14-3-1-8-18(14,12-20)17(23)24/h2,4-7,9-10,14H,1,3,8,11-12H2,(H,23,24)/t14-,18+/m0/s1. The Hall–Kier alpha value is -2.63. The number of benzene rings is 1. The van der Waals surface area contributed by atoms with E-state index in [1.54, 1.807) is 27.9 Å². The highest BCUT2D eigenvalue weighted by Crippen LogP contribution is 2.49. The van der Waals surface area contributed by atoms with Crippen molar-refractivity contribution >= 4 is 11.9 Å². The molecule has 2 fully saturated rings. The second kappa shape index (κ2) is 5.47. The maximum Gasteiger partial charge on any atom is 0.311 e. The first-order valence-corrected chi connectivity index (χ1v) is 8.23. The van der Waals surface area contributed by atoms with Crippen molar-refractivity contribution in [2.45, 2.75) is 19.3 Å². The summed E-state index contributed by atoms with van der Waals surface area (Å²) in [7, 11) is 0. The molecule has 1 amide bonds. The third-order valence-corrected chi connectivity index (χ3v) is 5.47. The van der Waals surface area contributed by atoms with Crippen LogP contribution in [-0.2, 0) is 4.79 Å². The molecule has 1 aliphatic heterocycles. The highest BCUT2D eigenvalue weighted by atomic mass is 16.4. The molecule has 2 aromatic rings. The summed E-state index contributed by atoms with van der Waals surface area (Å²) in [5.74, 6) is -0.756. The second-order valence-electron chi connectivity index (χ2n) is 6.73. The quantitative estimate of drug-likeness (QED) is 0.939. The summed E-state index contributed by atoms with van der Waals surface area (Å²) >= 11 is 0. The minimum Gasteiger partial charge on any atom is -0.481 e. The van der Waals surface area contributed by atoms with Crippen molar-refractivity contribution in [2.75, 3.05) is 13.1 Å². The van der Waals surface area contributed by atoms with Gasteiger partial charge in [0.2, 0.25) is 0 Å². The summed E-state index contributed by atoms with van der Waals surface area (Å²) < 4.78 is 1.73. The molecule has 1 saturated carbocycles. The van der Waals surface area contributed by atoms with Gasteiger partial charge in [0, 0.05) is 31.0 Å². The van der Waals surface area contributed by atoms with Crippen LogP contribution in [0.4, 0.5) is 0 Å². The number of aliphatic carboxylic acids is 1. The normalized spacial score (nSPS) is 25.7. The van der Waals surface area contributed by atoms with Crippen molar-refractivity contribution in [2.24, 2.45) is 11.3 Å². The number of likely N-dealkylation sites (tertiary alicyclic amines) is 1. The Morgan fingerprint density at radius 1 is 1.25 bits per heavy atom. The van der Waals surface area contributed by atoms with Crippen LogP contribution in [0.2, 0.25) is 0 Å². The molecule has 1 aromatic carbocycles. The molecule has 0 radical (unpaired) electrons. The highest BCUT2D eigenvalue weighted by Gasteiger charge is 2.55. The Labute approximate surface area is 139 Å². The topological polar surface area (TPSA) is 75.4 Å². The molecule has 24 heavy (non-hydrogen) atoms. The first-order valence-electron chi connectivity index (χ1n) is 8.23. The number of fused-ring (bicyclic) bond motifs is 1. The number of carbonyl (C=O) groups is 2. The summed E-state index contributed by atoms with van der Waals surface area (Å²) in [6.45, 7) is 0.874. The molecule has 2 atom stereocenters. The number of nitrogens with zero attached hydrogens (tertiary/aromatic N) is 3. The molecule has 0 spiro atoms. The van der Waals surface area contributed by atoms with Crippen molar-refractivity contribution in [3.8, 4) is 5.69 Å². The number of carboxylic acids is 1. The maximum absolute atomic E-state index is 12.8. The molecule has 4 rings (SSSR count). The third-order valence-electron chi connectivity index (χ3n) is 5.47. The molecule has 6 nitrogen and oxygen atoms in total. The molecule has 1 aromatic heterocycles. The lowest BCUT2D eigenvalue weighted by Crippen LogP contribution is -2.37. The molecule has 1 saturated heterocycles. The SMILES string of the molecule is O=C(c1ccc(-n2cccn2)cc1)N1C[C@@H]2CCC[C@@]2(C(=O)O)C1. The summed E-state index contributed by atoms with van der Waals surface area (Å²) in [5, 5.41) is 13.8. The number of hydrogen-bond donors (Lipinski definition) is 1. The van der Waals surface area contributed by atoms with Gasteiger partial charge in [-0.3, -0.25) is 9.59 Å². The van der Waals surface area contributed by atoms with E-state index in [4.69, 9.17) is 0 Å². The lowest BCUT2D eigenvalue weighted by atomic mass is 9.81. The van der Waals surface area contributed by atoms with Crippen LogP contribution in [0.5, 0.6) is 0 Å². The van der Waals surface area contributed by atoms with Gasteiger partial charge in [0.1, 0.15) is 0 Å². The van der Waals surface area contributed by atoms with Crippen LogP contribution in [-0.4, -0.2) is 44.8 Å². The Balaban J connectivity index is 1.53. The molecule has 1 N–H and O–H groups in total. The van der Waals surface area contributed by atoms with Gasteiger partial charge in [0.15, 0.2) is 0 Å². The molecular weight excluding hydrogens is 306 g/mol. The molecular formula is C18H19N3O3. The number of aromatic nitrogens is 2. The zero-order chi connectivity index (χ0) is 16.7. The van der Waals surface area contributed by atoms with E-state index in [0.717, 1.165) is 18.5 Å². The smallest absolute Gasteiger partial charge is 0.311 e. The van der Waals surface area contributed by atoms with Gasteiger partial charge in [0.05, 0.1) is 11.1 Å². The highest BCUT2D eigenvalue weighted by molar-refractivity contribution is 5.95. The van der Waals surface area contributed by atoms with E-state index < -0.39 is 11.4 Å². The minimum atomic E-state index is -0.755. The predicted octanol–water partition coefficient (Wildman–Crippen LogP) is 2.20. The first-order chi connectivity index (χ1) is 11.6.